The molecule has 8 nitrogen and oxygen atoms in total. The molecule has 3 atom stereocenters. The van der Waals surface area contributed by atoms with E-state index in [2.05, 4.69) is 5.32 Å². The number of hydrogen-bond donors (Lipinski definition) is 1. The number of anilines is 1. The highest BCUT2D eigenvalue weighted by atomic mass is 32.2. The summed E-state index contributed by atoms with van der Waals surface area (Å²) in [7, 11) is 4.87. The van der Waals surface area contributed by atoms with Crippen molar-refractivity contribution in [1.29, 1.82) is 0 Å². The molecule has 1 aliphatic heterocycles. The average Bonchev–Trinajstić information content (AvgIpc) is 3.10. The van der Waals surface area contributed by atoms with Crippen molar-refractivity contribution in [2.24, 2.45) is 0 Å². The molecule has 0 fully saturated rings. The summed E-state index contributed by atoms with van der Waals surface area (Å²) in [6.07, 6.45) is 0.811. The fourth-order valence-electron chi connectivity index (χ4n) is 4.98. The second kappa shape index (κ2) is 14.3. The molecule has 0 spiro atoms. The van der Waals surface area contributed by atoms with Gasteiger partial charge in [0.2, 0.25) is 0 Å². The van der Waals surface area contributed by atoms with E-state index in [1.807, 2.05) is 73.7 Å². The fourth-order valence-corrected chi connectivity index (χ4v) is 6.28. The van der Waals surface area contributed by atoms with Crippen LogP contribution in [-0.4, -0.2) is 58.4 Å². The second-order valence-electron chi connectivity index (χ2n) is 9.86. The van der Waals surface area contributed by atoms with Crippen LogP contribution in [0.25, 0.3) is 0 Å². The van der Waals surface area contributed by atoms with E-state index in [1.165, 1.54) is 24.2 Å². The first-order valence-electron chi connectivity index (χ1n) is 13.7. The molecule has 4 rings (SSSR count). The van der Waals surface area contributed by atoms with Gasteiger partial charge in [0.25, 0.3) is 5.91 Å². The number of rotatable bonds is 12. The zero-order valence-electron chi connectivity index (χ0n) is 24.2. The Bertz CT molecular complexity index is 1330. The van der Waals surface area contributed by atoms with Crippen LogP contribution >= 0.6 is 11.8 Å². The first kappa shape index (κ1) is 30.3. The predicted octanol–water partition coefficient (Wildman–Crippen LogP) is 5.44. The zero-order valence-corrected chi connectivity index (χ0v) is 25.0. The maximum Gasteiger partial charge on any atom is 0.303 e. The van der Waals surface area contributed by atoms with E-state index in [0.29, 0.717) is 12.3 Å². The topological polar surface area (TPSA) is 86.3 Å². The summed E-state index contributed by atoms with van der Waals surface area (Å²) in [5, 5.41) is 3.10. The van der Waals surface area contributed by atoms with Crippen LogP contribution in [0.4, 0.5) is 5.69 Å². The van der Waals surface area contributed by atoms with Gasteiger partial charge in [-0.1, -0.05) is 30.3 Å². The summed E-state index contributed by atoms with van der Waals surface area (Å²) in [4.78, 5) is 29.1. The van der Waals surface area contributed by atoms with Gasteiger partial charge in [-0.25, -0.2) is 0 Å². The highest BCUT2D eigenvalue weighted by molar-refractivity contribution is 7.99. The van der Waals surface area contributed by atoms with Crippen molar-refractivity contribution >= 4 is 29.3 Å². The van der Waals surface area contributed by atoms with Crippen molar-refractivity contribution in [3.8, 4) is 17.2 Å². The Balaban J connectivity index is 1.48. The number of carbonyl (C=O) groups excluding carboxylic acids is 2. The standard InChI is InChI=1S/C32H38N2O6S/c1-21(20-33-18-8-9-23-12-17-27(38-4)28(19-23)39-5)34-26-10-6-7-11-29(26)41-31(30(32(34)36)40-22(2)35)24-13-15-25(37-3)16-14-24/h6-7,10-17,19,21,30-31,33H,8-9,18,20H2,1-5H3/t21-,30?,31?/m0/s1. The number of nitrogens with zero attached hydrogens (tertiary/aromatic N) is 1. The Morgan fingerprint density at radius 3 is 2.39 bits per heavy atom. The molecule has 2 unspecified atom stereocenters. The van der Waals surface area contributed by atoms with E-state index < -0.39 is 17.3 Å². The molecule has 1 N–H and O–H groups in total. The highest BCUT2D eigenvalue weighted by Gasteiger charge is 2.42. The van der Waals surface area contributed by atoms with Crippen molar-refractivity contribution in [2.45, 2.75) is 49.0 Å². The minimum absolute atomic E-state index is 0.182. The molecule has 3 aromatic carbocycles. The van der Waals surface area contributed by atoms with Gasteiger partial charge in [0.15, 0.2) is 17.6 Å². The van der Waals surface area contributed by atoms with Crippen molar-refractivity contribution in [3.05, 3.63) is 77.9 Å². The number of benzene rings is 3. The van der Waals surface area contributed by atoms with Crippen molar-refractivity contribution in [3.63, 3.8) is 0 Å². The number of para-hydroxylation sites is 1. The summed E-state index contributed by atoms with van der Waals surface area (Å²) in [6, 6.07) is 21.2. The third kappa shape index (κ3) is 7.34. The molecule has 1 heterocycles. The molecule has 0 saturated heterocycles. The lowest BCUT2D eigenvalue weighted by molar-refractivity contribution is -0.153. The minimum atomic E-state index is -0.981. The van der Waals surface area contributed by atoms with Crippen molar-refractivity contribution in [2.75, 3.05) is 39.3 Å². The molecule has 9 heteroatoms. The smallest absolute Gasteiger partial charge is 0.303 e. The number of fused-ring (bicyclic) bond motifs is 1. The molecular formula is C32H38N2O6S. The Hall–Kier alpha value is -3.69. The predicted molar refractivity (Wildman–Crippen MR) is 161 cm³/mol. The average molecular weight is 579 g/mol. The van der Waals surface area contributed by atoms with Gasteiger partial charge in [0, 0.05) is 24.4 Å². The third-order valence-electron chi connectivity index (χ3n) is 7.02. The number of carbonyl (C=O) groups is 2. The molecular weight excluding hydrogens is 540 g/mol. The normalized spacial score (nSPS) is 17.3. The van der Waals surface area contributed by atoms with Gasteiger partial charge in [-0.05, 0) is 73.8 Å². The van der Waals surface area contributed by atoms with E-state index >= 15 is 0 Å². The Morgan fingerprint density at radius 2 is 1.71 bits per heavy atom. The Morgan fingerprint density at radius 1 is 0.976 bits per heavy atom. The van der Waals surface area contributed by atoms with Crippen LogP contribution < -0.4 is 24.4 Å². The first-order valence-corrected chi connectivity index (χ1v) is 14.6. The van der Waals surface area contributed by atoms with Crippen LogP contribution in [0.5, 0.6) is 17.2 Å². The lowest BCUT2D eigenvalue weighted by Gasteiger charge is -2.32. The molecule has 218 valence electrons. The van der Waals surface area contributed by atoms with Gasteiger partial charge in [-0.3, -0.25) is 9.59 Å². The van der Waals surface area contributed by atoms with E-state index in [9.17, 15) is 9.59 Å². The molecule has 1 amide bonds. The molecule has 0 radical (unpaired) electrons. The van der Waals surface area contributed by atoms with E-state index in [4.69, 9.17) is 18.9 Å². The number of hydrogen-bond acceptors (Lipinski definition) is 8. The number of amides is 1. The molecule has 41 heavy (non-hydrogen) atoms. The number of nitrogens with one attached hydrogen (secondary N) is 1. The van der Waals surface area contributed by atoms with Crippen LogP contribution in [0, 0.1) is 0 Å². The fraction of sp³-hybridized carbons (Fsp3) is 0.375. The van der Waals surface area contributed by atoms with Gasteiger partial charge in [-0.15, -0.1) is 11.8 Å². The number of thioether (sulfide) groups is 1. The number of esters is 1. The third-order valence-corrected chi connectivity index (χ3v) is 8.39. The van der Waals surface area contributed by atoms with Crippen LogP contribution in [0.2, 0.25) is 0 Å². The second-order valence-corrected chi connectivity index (χ2v) is 11.0. The Kier molecular flexibility index (Phi) is 10.5. The molecule has 0 saturated carbocycles. The number of methoxy groups -OCH3 is 3. The lowest BCUT2D eigenvalue weighted by Crippen LogP contribution is -2.50. The molecule has 0 aliphatic carbocycles. The van der Waals surface area contributed by atoms with Gasteiger partial charge in [0.05, 0.1) is 32.3 Å². The summed E-state index contributed by atoms with van der Waals surface area (Å²) in [5.74, 6) is 1.42. The highest BCUT2D eigenvalue weighted by Crippen LogP contribution is 2.47. The maximum absolute atomic E-state index is 14.1. The first-order chi connectivity index (χ1) is 19.9. The maximum atomic E-state index is 14.1. The summed E-state index contributed by atoms with van der Waals surface area (Å²) in [6.45, 7) is 4.71. The van der Waals surface area contributed by atoms with Crippen LogP contribution in [0.3, 0.4) is 0 Å². The van der Waals surface area contributed by atoms with Gasteiger partial charge >= 0.3 is 5.97 Å². The molecule has 3 aromatic rings. The van der Waals surface area contributed by atoms with Crippen molar-refractivity contribution in [1.82, 2.24) is 5.32 Å². The van der Waals surface area contributed by atoms with Crippen LogP contribution in [0.1, 0.15) is 36.6 Å². The quantitative estimate of drug-likeness (QED) is 0.225. The van der Waals surface area contributed by atoms with Crippen LogP contribution in [-0.2, 0) is 20.7 Å². The summed E-state index contributed by atoms with van der Waals surface area (Å²) >= 11 is 1.53. The lowest BCUT2D eigenvalue weighted by atomic mass is 10.0. The SMILES string of the molecule is COc1ccc(C2Sc3ccccc3N([C@@H](C)CNCCCc3ccc(OC)c(OC)c3)C(=O)C2OC(C)=O)cc1. The largest absolute Gasteiger partial charge is 0.497 e. The van der Waals surface area contributed by atoms with Gasteiger partial charge in [-0.2, -0.15) is 0 Å². The van der Waals surface area contributed by atoms with Crippen LogP contribution in [0.15, 0.2) is 71.6 Å². The monoisotopic (exact) mass is 578 g/mol. The number of ether oxygens (including phenoxy) is 4. The van der Waals surface area contributed by atoms with Gasteiger partial charge in [0.1, 0.15) is 5.75 Å². The molecule has 1 aliphatic rings. The van der Waals surface area contributed by atoms with Crippen molar-refractivity contribution < 1.29 is 28.5 Å². The summed E-state index contributed by atoms with van der Waals surface area (Å²) in [5.41, 5.74) is 2.86. The number of aryl methyl sites for hydroxylation is 1. The minimum Gasteiger partial charge on any atom is -0.497 e. The zero-order chi connectivity index (χ0) is 29.4. The summed E-state index contributed by atoms with van der Waals surface area (Å²) < 4.78 is 21.8. The Labute approximate surface area is 246 Å². The van der Waals surface area contributed by atoms with E-state index in [-0.39, 0.29) is 11.9 Å². The molecule has 0 bridgehead atoms. The van der Waals surface area contributed by atoms with Gasteiger partial charge < -0.3 is 29.2 Å². The molecule has 0 aromatic heterocycles. The van der Waals surface area contributed by atoms with E-state index in [0.717, 1.165) is 47.0 Å². The van der Waals surface area contributed by atoms with E-state index in [1.54, 1.807) is 26.2 Å².